The van der Waals surface area contributed by atoms with Crippen LogP contribution in [0.5, 0.6) is 5.75 Å². The van der Waals surface area contributed by atoms with Gasteiger partial charge in [0.1, 0.15) is 19.0 Å². The predicted molar refractivity (Wildman–Crippen MR) is 129 cm³/mol. The lowest BCUT2D eigenvalue weighted by atomic mass is 9.96. The minimum absolute atomic E-state index is 0.00360. The Morgan fingerprint density at radius 1 is 1.09 bits per heavy atom. The number of hydrogen-bond acceptors (Lipinski definition) is 9. The van der Waals surface area contributed by atoms with Gasteiger partial charge in [-0.1, -0.05) is 30.3 Å². The minimum Gasteiger partial charge on any atom is -0.485 e. The Balaban J connectivity index is 1.82. The second kappa shape index (κ2) is 10.1. The van der Waals surface area contributed by atoms with Gasteiger partial charge in [-0.3, -0.25) is 15.1 Å². The van der Waals surface area contributed by atoms with Gasteiger partial charge in [0.25, 0.3) is 5.69 Å². The molecule has 182 valence electrons. The van der Waals surface area contributed by atoms with Crippen LogP contribution < -0.4 is 10.0 Å². The lowest BCUT2D eigenvalue weighted by molar-refractivity contribution is -0.384. The van der Waals surface area contributed by atoms with E-state index >= 15 is 0 Å². The first-order valence-corrected chi connectivity index (χ1v) is 12.3. The van der Waals surface area contributed by atoms with Crippen LogP contribution in [0.4, 0.5) is 5.69 Å². The van der Waals surface area contributed by atoms with E-state index in [0.717, 1.165) is 0 Å². The summed E-state index contributed by atoms with van der Waals surface area (Å²) < 4.78 is 22.5. The van der Waals surface area contributed by atoms with Crippen LogP contribution in [0.2, 0.25) is 0 Å². The maximum atomic E-state index is 12.8. The normalized spacial score (nSPS) is 19.7. The summed E-state index contributed by atoms with van der Waals surface area (Å²) in [6.07, 6.45) is -0.494. The van der Waals surface area contributed by atoms with E-state index < -0.39 is 24.9 Å². The zero-order valence-electron chi connectivity index (χ0n) is 19.3. The Kier molecular flexibility index (Phi) is 7.09. The quantitative estimate of drug-likeness (QED) is 0.232. The number of carbonyl (C=O) groups excluding carboxylic acids is 1. The Morgan fingerprint density at radius 2 is 1.71 bits per heavy atom. The zero-order chi connectivity index (χ0) is 25.2. The van der Waals surface area contributed by atoms with Crippen molar-refractivity contribution in [1.29, 1.82) is 0 Å². The number of methoxy groups -OCH3 is 1. The molecule has 0 amide bonds. The Bertz CT molecular complexity index is 1260. The summed E-state index contributed by atoms with van der Waals surface area (Å²) >= 11 is 0. The number of nitro groups is 1. The number of rotatable bonds is 6. The summed E-state index contributed by atoms with van der Waals surface area (Å²) in [4.78, 5) is 40.1. The molecule has 35 heavy (non-hydrogen) atoms. The fraction of sp³-hybridized carbons (Fsp3) is 0.250. The third-order valence-corrected chi connectivity index (χ3v) is 7.60. The molecule has 11 heteroatoms. The van der Waals surface area contributed by atoms with Crippen molar-refractivity contribution >= 4 is 24.9 Å². The molecule has 1 fully saturated rings. The molecule has 0 bridgehead atoms. The van der Waals surface area contributed by atoms with Crippen LogP contribution in [0.1, 0.15) is 21.7 Å². The molecule has 1 aliphatic heterocycles. The molecule has 1 aliphatic rings. The van der Waals surface area contributed by atoms with Crippen molar-refractivity contribution in [3.63, 3.8) is 0 Å². The van der Waals surface area contributed by atoms with Gasteiger partial charge < -0.3 is 9.47 Å². The molecule has 0 unspecified atom stereocenters. The topological polar surface area (TPSA) is 130 Å². The van der Waals surface area contributed by atoms with Crippen molar-refractivity contribution < 1.29 is 33.1 Å². The molecule has 0 atom stereocenters. The van der Waals surface area contributed by atoms with E-state index in [1.165, 1.54) is 25.3 Å². The number of carbonyl (C=O) groups is 1. The molecule has 1 saturated heterocycles. The summed E-state index contributed by atoms with van der Waals surface area (Å²) in [6.45, 7) is 3.21. The second-order valence-corrected chi connectivity index (χ2v) is 9.82. The molecule has 4 rings (SSSR count). The number of nitro benzene ring substituents is 1. The highest BCUT2D eigenvalue weighted by Crippen LogP contribution is 2.60. The van der Waals surface area contributed by atoms with E-state index in [2.05, 4.69) is 4.98 Å². The van der Waals surface area contributed by atoms with Gasteiger partial charge in [0.15, 0.2) is 6.10 Å². The molecule has 1 N–H and O–H groups in total. The largest absolute Gasteiger partial charge is 0.485 e. The van der Waals surface area contributed by atoms with Gasteiger partial charge in [-0.2, -0.15) is 13.9 Å². The average molecular weight is 499 g/mol. The predicted octanol–water partition coefficient (Wildman–Crippen LogP) is 3.93. The molecule has 10 nitrogen and oxygen atoms in total. The first-order valence-electron chi connectivity index (χ1n) is 10.7. The second-order valence-electron chi connectivity index (χ2n) is 7.81. The van der Waals surface area contributed by atoms with Crippen molar-refractivity contribution in [2.75, 3.05) is 20.3 Å². The first kappa shape index (κ1) is 24.7. The van der Waals surface area contributed by atoms with Crippen LogP contribution >= 0.6 is 7.94 Å². The van der Waals surface area contributed by atoms with Gasteiger partial charge in [0.05, 0.1) is 40.1 Å². The number of hydrogen-bond donors (Lipinski definition) is 1. The first-order chi connectivity index (χ1) is 16.7. The fourth-order valence-corrected chi connectivity index (χ4v) is 6.03. The molecule has 3 aromatic rings. The van der Waals surface area contributed by atoms with E-state index in [1.54, 1.807) is 32.0 Å². The van der Waals surface area contributed by atoms with Crippen LogP contribution in [-0.2, 0) is 13.8 Å². The Hall–Kier alpha value is -3.43. The minimum atomic E-state index is -3.82. The standard InChI is InChI=1S/C24H24N2O8P/c1-15-21(24(27)31-3)22(19-11-7-8-12-20(19)26(28)29)23(16(2)25-15)35(30)32-13-18(14-33-35)34-17-9-5-4-6-10-17/h4-12,18,30H,13-14H2,1-3H3/q+1. The number of ether oxygens (including phenoxy) is 2. The van der Waals surface area contributed by atoms with E-state index in [9.17, 15) is 19.8 Å². The maximum Gasteiger partial charge on any atom is 0.448 e. The third-order valence-electron chi connectivity index (χ3n) is 5.49. The van der Waals surface area contributed by atoms with Gasteiger partial charge in [-0.05, 0) is 32.0 Å². The fourth-order valence-electron chi connectivity index (χ4n) is 3.99. The van der Waals surface area contributed by atoms with E-state index in [0.29, 0.717) is 17.1 Å². The summed E-state index contributed by atoms with van der Waals surface area (Å²) in [5.74, 6) is -0.131. The molecule has 0 saturated carbocycles. The number of benzene rings is 2. The van der Waals surface area contributed by atoms with Crippen LogP contribution in [-0.4, -0.2) is 47.2 Å². The van der Waals surface area contributed by atoms with Gasteiger partial charge >= 0.3 is 13.9 Å². The van der Waals surface area contributed by atoms with Crippen molar-refractivity contribution in [2.24, 2.45) is 0 Å². The molecule has 1 aromatic heterocycles. The molecule has 2 heterocycles. The van der Waals surface area contributed by atoms with E-state index in [-0.39, 0.29) is 40.9 Å². The van der Waals surface area contributed by atoms with Crippen molar-refractivity contribution in [1.82, 2.24) is 4.98 Å². The summed E-state index contributed by atoms with van der Waals surface area (Å²) in [5.41, 5.74) is 0.572. The smallest absolute Gasteiger partial charge is 0.448 e. The molecular weight excluding hydrogens is 475 g/mol. The number of para-hydroxylation sites is 2. The maximum absolute atomic E-state index is 12.8. The van der Waals surface area contributed by atoms with Gasteiger partial charge in [0.2, 0.25) is 5.30 Å². The van der Waals surface area contributed by atoms with Crippen LogP contribution in [0, 0.1) is 24.0 Å². The SMILES string of the molecule is COC(=O)c1c(C)nc(C)c([P+]2(O)OCC(Oc3ccccc3)CO2)c1-c1ccccc1[N+](=O)[O-]. The molecule has 0 aliphatic carbocycles. The van der Waals surface area contributed by atoms with Crippen LogP contribution in [0.15, 0.2) is 54.6 Å². The Labute approximate surface area is 202 Å². The average Bonchev–Trinajstić information content (AvgIpc) is 2.85. The number of pyridine rings is 1. The van der Waals surface area contributed by atoms with Crippen molar-refractivity contribution in [3.8, 4) is 16.9 Å². The molecule has 2 aromatic carbocycles. The lowest BCUT2D eigenvalue weighted by Gasteiger charge is -2.29. The molecular formula is C24H24N2O8P+. The van der Waals surface area contributed by atoms with Crippen molar-refractivity contribution in [2.45, 2.75) is 20.0 Å². The highest BCUT2D eigenvalue weighted by atomic mass is 31.2. The van der Waals surface area contributed by atoms with Gasteiger partial charge in [-0.25, -0.2) is 4.79 Å². The number of aromatic nitrogens is 1. The summed E-state index contributed by atoms with van der Waals surface area (Å²) in [5, 5.41) is 11.9. The zero-order valence-corrected chi connectivity index (χ0v) is 20.2. The number of nitrogens with zero attached hydrogens (tertiary/aromatic N) is 2. The highest BCUT2D eigenvalue weighted by Gasteiger charge is 2.54. The third kappa shape index (κ3) is 4.87. The van der Waals surface area contributed by atoms with Crippen LogP contribution in [0.3, 0.4) is 0 Å². The summed E-state index contributed by atoms with van der Waals surface area (Å²) in [6, 6.07) is 15.0. The van der Waals surface area contributed by atoms with E-state index in [4.69, 9.17) is 18.5 Å². The van der Waals surface area contributed by atoms with Gasteiger partial charge in [0, 0.05) is 6.07 Å². The molecule has 0 spiro atoms. The highest BCUT2D eigenvalue weighted by molar-refractivity contribution is 7.69. The monoisotopic (exact) mass is 499 g/mol. The number of aryl methyl sites for hydroxylation is 2. The van der Waals surface area contributed by atoms with Crippen molar-refractivity contribution in [3.05, 3.63) is 81.7 Å². The van der Waals surface area contributed by atoms with E-state index in [1.807, 2.05) is 18.2 Å². The van der Waals surface area contributed by atoms with Gasteiger partial charge in [-0.15, -0.1) is 0 Å². The Morgan fingerprint density at radius 3 is 2.34 bits per heavy atom. The van der Waals surface area contributed by atoms with Crippen LogP contribution in [0.25, 0.3) is 11.1 Å². The number of esters is 1. The lowest BCUT2D eigenvalue weighted by Crippen LogP contribution is -2.38. The summed E-state index contributed by atoms with van der Waals surface area (Å²) in [7, 11) is -2.62. The molecule has 0 radical (unpaired) electrons.